The largest absolute Gasteiger partial charge is 0.281 e. The fourth-order valence-electron chi connectivity index (χ4n) is 0.431. The van der Waals surface area contributed by atoms with Crippen molar-refractivity contribution < 1.29 is 4.79 Å². The van der Waals surface area contributed by atoms with Gasteiger partial charge in [-0.1, -0.05) is 13.8 Å². The van der Waals surface area contributed by atoms with Crippen LogP contribution >= 0.6 is 11.6 Å². The van der Waals surface area contributed by atoms with Crippen molar-refractivity contribution in [2.45, 2.75) is 26.7 Å². The Morgan fingerprint density at radius 2 is 2.20 bits per heavy atom. The summed E-state index contributed by atoms with van der Waals surface area (Å²) in [6.07, 6.45) is 1.42. The van der Waals surface area contributed by atoms with Crippen LogP contribution in [0, 0.1) is 17.8 Å². The molecule has 1 nitrogen and oxygen atoms in total. The van der Waals surface area contributed by atoms with Crippen molar-refractivity contribution in [3.05, 3.63) is 0 Å². The van der Waals surface area contributed by atoms with E-state index >= 15 is 0 Å². The molecule has 0 amide bonds. The molecule has 0 rings (SSSR count). The lowest BCUT2D eigenvalue weighted by atomic mass is 10.1. The van der Waals surface area contributed by atoms with Gasteiger partial charge in [-0.25, -0.2) is 0 Å². The van der Waals surface area contributed by atoms with E-state index in [-0.39, 0.29) is 11.2 Å². The predicted molar refractivity (Wildman–Crippen MR) is 42.7 cm³/mol. The first kappa shape index (κ1) is 9.52. The van der Waals surface area contributed by atoms with E-state index in [0.29, 0.717) is 6.42 Å². The molecule has 0 aliphatic heterocycles. The van der Waals surface area contributed by atoms with E-state index in [1.165, 1.54) is 0 Å². The van der Waals surface area contributed by atoms with Gasteiger partial charge in [0.25, 0.3) is 0 Å². The third-order valence-electron chi connectivity index (χ3n) is 1.10. The highest BCUT2D eigenvalue weighted by Crippen LogP contribution is 2.04. The lowest BCUT2D eigenvalue weighted by Crippen LogP contribution is -2.01. The zero-order valence-corrected chi connectivity index (χ0v) is 7.03. The Balaban J connectivity index is 3.58. The fourth-order valence-corrected chi connectivity index (χ4v) is 0.508. The summed E-state index contributed by atoms with van der Waals surface area (Å²) >= 11 is 5.20. The van der Waals surface area contributed by atoms with Gasteiger partial charge in [-0.15, -0.1) is 11.8 Å². The topological polar surface area (TPSA) is 17.1 Å². The summed E-state index contributed by atoms with van der Waals surface area (Å²) in [5, 5.41) is -0.301. The van der Waals surface area contributed by atoms with Crippen molar-refractivity contribution in [2.75, 3.05) is 0 Å². The van der Waals surface area contributed by atoms with Gasteiger partial charge in [0.15, 0.2) is 0 Å². The quantitative estimate of drug-likeness (QED) is 0.445. The Morgan fingerprint density at radius 3 is 2.60 bits per heavy atom. The molecule has 0 heterocycles. The second-order valence-electron chi connectivity index (χ2n) is 2.12. The average Bonchev–Trinajstić information content (AvgIpc) is 1.88. The van der Waals surface area contributed by atoms with E-state index < -0.39 is 0 Å². The molecule has 2 heteroatoms. The van der Waals surface area contributed by atoms with Crippen LogP contribution in [0.15, 0.2) is 0 Å². The first-order valence-electron chi connectivity index (χ1n) is 3.33. The number of carbonyl (C=O) groups excluding carboxylic acids is 1. The lowest BCUT2D eigenvalue weighted by Gasteiger charge is -1.96. The van der Waals surface area contributed by atoms with Crippen molar-refractivity contribution in [1.29, 1.82) is 0 Å². The van der Waals surface area contributed by atoms with Crippen molar-refractivity contribution in [3.8, 4) is 11.8 Å². The monoisotopic (exact) mass is 158 g/mol. The summed E-state index contributed by atoms with van der Waals surface area (Å²) in [5.41, 5.74) is 0. The minimum Gasteiger partial charge on any atom is -0.281 e. The molecule has 0 fully saturated rings. The molecule has 0 spiro atoms. The van der Waals surface area contributed by atoms with E-state index in [1.807, 2.05) is 6.92 Å². The number of halogens is 1. The van der Waals surface area contributed by atoms with Gasteiger partial charge >= 0.3 is 0 Å². The van der Waals surface area contributed by atoms with Crippen LogP contribution in [0.25, 0.3) is 0 Å². The highest BCUT2D eigenvalue weighted by molar-refractivity contribution is 6.63. The molecular weight excluding hydrogens is 148 g/mol. The molecule has 0 aromatic heterocycles. The zero-order chi connectivity index (χ0) is 7.98. The number of rotatable bonds is 2. The molecule has 0 saturated heterocycles. The second-order valence-corrected chi connectivity index (χ2v) is 2.49. The van der Waals surface area contributed by atoms with Crippen molar-refractivity contribution >= 4 is 16.8 Å². The van der Waals surface area contributed by atoms with Crippen LogP contribution in [-0.4, -0.2) is 5.24 Å². The maximum Gasteiger partial charge on any atom is 0.225 e. The Bertz CT molecular complexity index is 164. The summed E-state index contributed by atoms with van der Waals surface area (Å²) in [7, 11) is 0. The predicted octanol–water partition coefficient (Wildman–Crippen LogP) is 2.19. The molecule has 0 bridgehead atoms. The molecular formula is C8H11ClO. The van der Waals surface area contributed by atoms with Crippen LogP contribution in [-0.2, 0) is 4.79 Å². The van der Waals surface area contributed by atoms with Gasteiger partial charge in [0, 0.05) is 18.8 Å². The molecule has 0 aromatic rings. The first-order valence-corrected chi connectivity index (χ1v) is 3.71. The minimum absolute atomic E-state index is 0.124. The van der Waals surface area contributed by atoms with Gasteiger partial charge in [0.2, 0.25) is 5.24 Å². The van der Waals surface area contributed by atoms with Crippen molar-refractivity contribution in [3.63, 3.8) is 0 Å². The van der Waals surface area contributed by atoms with E-state index in [2.05, 4.69) is 11.8 Å². The number of hydrogen-bond acceptors (Lipinski definition) is 1. The van der Waals surface area contributed by atoms with E-state index in [9.17, 15) is 4.79 Å². The fraction of sp³-hybridized carbons (Fsp3) is 0.625. The van der Waals surface area contributed by atoms with Gasteiger partial charge in [0.05, 0.1) is 0 Å². The summed E-state index contributed by atoms with van der Waals surface area (Å²) in [4.78, 5) is 10.4. The molecule has 0 aliphatic carbocycles. The Hall–Kier alpha value is -0.480. The smallest absolute Gasteiger partial charge is 0.225 e. The number of hydrogen-bond donors (Lipinski definition) is 0. The molecule has 10 heavy (non-hydrogen) atoms. The summed E-state index contributed by atoms with van der Waals surface area (Å²) in [6.45, 7) is 3.75. The number of carbonyl (C=O) groups is 1. The van der Waals surface area contributed by atoms with E-state index in [4.69, 9.17) is 11.6 Å². The van der Waals surface area contributed by atoms with Crippen LogP contribution < -0.4 is 0 Å². The highest BCUT2D eigenvalue weighted by Gasteiger charge is 2.06. The molecule has 0 N–H and O–H groups in total. The van der Waals surface area contributed by atoms with Gasteiger partial charge in [-0.05, 0) is 11.6 Å². The SMILES string of the molecule is CCC#CCC(C)C(=O)Cl. The molecule has 0 aromatic carbocycles. The van der Waals surface area contributed by atoms with Gasteiger partial charge in [-0.3, -0.25) is 4.79 Å². The first-order chi connectivity index (χ1) is 4.68. The third-order valence-corrected chi connectivity index (χ3v) is 1.47. The van der Waals surface area contributed by atoms with Crippen LogP contribution in [0.2, 0.25) is 0 Å². The van der Waals surface area contributed by atoms with Gasteiger partial charge in [-0.2, -0.15) is 0 Å². The summed E-state index contributed by atoms with van der Waals surface area (Å²) in [6, 6.07) is 0. The van der Waals surface area contributed by atoms with Crippen LogP contribution in [0.1, 0.15) is 26.7 Å². The third kappa shape index (κ3) is 4.40. The highest BCUT2D eigenvalue weighted by atomic mass is 35.5. The Kier molecular flexibility index (Phi) is 5.06. The maximum atomic E-state index is 10.4. The maximum absolute atomic E-state index is 10.4. The average molecular weight is 159 g/mol. The standard InChI is InChI=1S/C8H11ClO/c1-3-4-5-6-7(2)8(9)10/h7H,3,6H2,1-2H3. The van der Waals surface area contributed by atoms with Crippen LogP contribution in [0.3, 0.4) is 0 Å². The van der Waals surface area contributed by atoms with Crippen molar-refractivity contribution in [1.82, 2.24) is 0 Å². The van der Waals surface area contributed by atoms with E-state index in [0.717, 1.165) is 6.42 Å². The van der Waals surface area contributed by atoms with Crippen LogP contribution in [0.4, 0.5) is 0 Å². The van der Waals surface area contributed by atoms with Gasteiger partial charge in [0.1, 0.15) is 0 Å². The summed E-state index contributed by atoms with van der Waals surface area (Å²) in [5.74, 6) is 5.61. The molecule has 0 radical (unpaired) electrons. The van der Waals surface area contributed by atoms with Crippen molar-refractivity contribution in [2.24, 2.45) is 5.92 Å². The Morgan fingerprint density at radius 1 is 1.60 bits per heavy atom. The molecule has 1 atom stereocenters. The zero-order valence-electron chi connectivity index (χ0n) is 6.28. The normalized spacial score (nSPS) is 11.5. The molecule has 0 saturated carbocycles. The molecule has 56 valence electrons. The Labute approximate surface area is 66.8 Å². The van der Waals surface area contributed by atoms with Crippen LogP contribution in [0.5, 0.6) is 0 Å². The van der Waals surface area contributed by atoms with E-state index in [1.54, 1.807) is 6.92 Å². The lowest BCUT2D eigenvalue weighted by molar-refractivity contribution is -0.114. The minimum atomic E-state index is -0.301. The van der Waals surface area contributed by atoms with Gasteiger partial charge < -0.3 is 0 Å². The second kappa shape index (κ2) is 5.32. The molecule has 0 aliphatic rings. The summed E-state index contributed by atoms with van der Waals surface area (Å²) < 4.78 is 0. The molecule has 1 unspecified atom stereocenters.